The van der Waals surface area contributed by atoms with Gasteiger partial charge in [-0.05, 0) is 33.2 Å². The fourth-order valence-electron chi connectivity index (χ4n) is 1.66. The third kappa shape index (κ3) is 7.57. The zero-order chi connectivity index (χ0) is 14.0. The molecule has 2 unspecified atom stereocenters. The van der Waals surface area contributed by atoms with Crippen LogP contribution in [0.2, 0.25) is 0 Å². The van der Waals surface area contributed by atoms with E-state index in [-0.39, 0.29) is 11.2 Å². The highest BCUT2D eigenvalue weighted by Crippen LogP contribution is 2.21. The van der Waals surface area contributed by atoms with Crippen molar-refractivity contribution in [1.82, 2.24) is 10.6 Å². The molecular formula is C13H25N3OS. The largest absolute Gasteiger partial charge is 0.356 e. The maximum Gasteiger partial charge on any atom is 0.229 e. The van der Waals surface area contributed by atoms with E-state index in [4.69, 9.17) is 0 Å². The number of hydrogen-bond donors (Lipinski definition) is 2. The van der Waals surface area contributed by atoms with Crippen LogP contribution in [0.4, 0.5) is 0 Å². The minimum Gasteiger partial charge on any atom is -0.356 e. The van der Waals surface area contributed by atoms with Gasteiger partial charge in [0.2, 0.25) is 5.91 Å². The average Bonchev–Trinajstić information content (AvgIpc) is 2.34. The molecular weight excluding hydrogens is 246 g/mol. The molecule has 1 amide bonds. The van der Waals surface area contributed by atoms with Gasteiger partial charge >= 0.3 is 0 Å². The lowest BCUT2D eigenvalue weighted by Crippen LogP contribution is -2.43. The molecule has 0 aromatic carbocycles. The Hall–Kier alpha value is -0.730. The molecule has 5 heteroatoms. The molecule has 0 saturated heterocycles. The molecule has 2 atom stereocenters. The fraction of sp³-hybridized carbons (Fsp3) is 0.846. The molecule has 0 aliphatic rings. The number of carbonyl (C=O) groups excluding carboxylic acids is 1. The molecule has 0 fully saturated rings. The van der Waals surface area contributed by atoms with Gasteiger partial charge in [-0.15, -0.1) is 11.8 Å². The van der Waals surface area contributed by atoms with Gasteiger partial charge in [0.05, 0.1) is 11.8 Å². The quantitative estimate of drug-likeness (QED) is 0.672. The molecule has 0 heterocycles. The Bertz CT molecular complexity index is 290. The fourth-order valence-corrected chi connectivity index (χ4v) is 2.65. The van der Waals surface area contributed by atoms with E-state index in [1.165, 1.54) is 0 Å². The molecule has 0 bridgehead atoms. The van der Waals surface area contributed by atoms with E-state index in [0.29, 0.717) is 12.3 Å². The number of nitrogens with one attached hydrogen (secondary N) is 2. The molecule has 0 aliphatic heterocycles. The lowest BCUT2D eigenvalue weighted by atomic mass is 9.98. The summed E-state index contributed by atoms with van der Waals surface area (Å²) in [6.45, 7) is 9.49. The zero-order valence-corrected chi connectivity index (χ0v) is 12.7. The Balaban J connectivity index is 4.07. The van der Waals surface area contributed by atoms with Gasteiger partial charge in [0, 0.05) is 11.8 Å². The normalized spacial score (nSPS) is 15.5. The van der Waals surface area contributed by atoms with Gasteiger partial charge in [0.15, 0.2) is 0 Å². The average molecular weight is 271 g/mol. The van der Waals surface area contributed by atoms with E-state index in [1.54, 1.807) is 11.8 Å². The third-order valence-electron chi connectivity index (χ3n) is 2.58. The van der Waals surface area contributed by atoms with Gasteiger partial charge in [-0.2, -0.15) is 5.26 Å². The zero-order valence-electron chi connectivity index (χ0n) is 11.9. The Morgan fingerprint density at radius 2 is 2.17 bits per heavy atom. The maximum absolute atomic E-state index is 11.3. The second-order valence-electron chi connectivity index (χ2n) is 4.65. The van der Waals surface area contributed by atoms with Crippen LogP contribution in [0.25, 0.3) is 0 Å². The lowest BCUT2D eigenvalue weighted by molar-refractivity contribution is -0.118. The van der Waals surface area contributed by atoms with Gasteiger partial charge in [-0.25, -0.2) is 0 Å². The number of carbonyl (C=O) groups is 1. The van der Waals surface area contributed by atoms with Gasteiger partial charge in [-0.1, -0.05) is 13.8 Å². The molecule has 0 saturated carbocycles. The van der Waals surface area contributed by atoms with Crippen LogP contribution < -0.4 is 10.6 Å². The van der Waals surface area contributed by atoms with Crippen molar-refractivity contribution in [2.24, 2.45) is 0 Å². The molecule has 4 nitrogen and oxygen atoms in total. The van der Waals surface area contributed by atoms with Crippen LogP contribution in [0.5, 0.6) is 0 Å². The van der Waals surface area contributed by atoms with Crippen molar-refractivity contribution in [3.05, 3.63) is 0 Å². The summed E-state index contributed by atoms with van der Waals surface area (Å²) in [6, 6.07) is 2.33. The number of rotatable bonds is 9. The van der Waals surface area contributed by atoms with E-state index in [9.17, 15) is 10.1 Å². The summed E-state index contributed by atoms with van der Waals surface area (Å²) in [5, 5.41) is 15.5. The van der Waals surface area contributed by atoms with Crippen LogP contribution in [0.1, 0.15) is 40.5 Å². The summed E-state index contributed by atoms with van der Waals surface area (Å²) in [5.41, 5.74) is -0.496. The molecule has 104 valence electrons. The van der Waals surface area contributed by atoms with Crippen molar-refractivity contribution < 1.29 is 4.79 Å². The monoisotopic (exact) mass is 271 g/mol. The topological polar surface area (TPSA) is 64.9 Å². The van der Waals surface area contributed by atoms with E-state index < -0.39 is 5.54 Å². The van der Waals surface area contributed by atoms with E-state index in [2.05, 4.69) is 30.6 Å². The van der Waals surface area contributed by atoms with Crippen LogP contribution >= 0.6 is 11.8 Å². The minimum absolute atomic E-state index is 0.0644. The predicted molar refractivity (Wildman–Crippen MR) is 77.5 cm³/mol. The Kier molecular flexibility index (Phi) is 8.86. The van der Waals surface area contributed by atoms with Crippen LogP contribution in [-0.4, -0.2) is 35.5 Å². The number of hydrogen-bond acceptors (Lipinski definition) is 4. The first-order chi connectivity index (χ1) is 8.47. The van der Waals surface area contributed by atoms with Crippen molar-refractivity contribution in [2.75, 3.05) is 18.8 Å². The Morgan fingerprint density at radius 1 is 1.50 bits per heavy atom. The summed E-state index contributed by atoms with van der Waals surface area (Å²) in [4.78, 5) is 11.3. The van der Waals surface area contributed by atoms with Crippen molar-refractivity contribution in [2.45, 2.75) is 51.3 Å². The minimum atomic E-state index is -0.496. The second-order valence-corrected chi connectivity index (χ2v) is 6.08. The van der Waals surface area contributed by atoms with Gasteiger partial charge < -0.3 is 5.32 Å². The summed E-state index contributed by atoms with van der Waals surface area (Å²) in [6.07, 6.45) is 1.76. The smallest absolute Gasteiger partial charge is 0.229 e. The lowest BCUT2D eigenvalue weighted by Gasteiger charge is -2.26. The van der Waals surface area contributed by atoms with E-state index in [1.807, 2.05) is 13.8 Å². The van der Waals surface area contributed by atoms with Crippen molar-refractivity contribution >= 4 is 17.7 Å². The SMILES string of the molecule is CCCNC(C)(C#N)CC(C)SCC(=O)NCC. The van der Waals surface area contributed by atoms with Crippen molar-refractivity contribution in [3.63, 3.8) is 0 Å². The first-order valence-electron chi connectivity index (χ1n) is 6.52. The molecule has 0 aromatic heterocycles. The molecule has 0 rings (SSSR count). The van der Waals surface area contributed by atoms with Crippen LogP contribution in [0, 0.1) is 11.3 Å². The van der Waals surface area contributed by atoms with Crippen LogP contribution in [0.3, 0.4) is 0 Å². The van der Waals surface area contributed by atoms with E-state index in [0.717, 1.165) is 19.4 Å². The number of nitrogens with zero attached hydrogens (tertiary/aromatic N) is 1. The summed E-state index contributed by atoms with van der Waals surface area (Å²) < 4.78 is 0. The summed E-state index contributed by atoms with van der Waals surface area (Å²) in [5.74, 6) is 0.527. The second kappa shape index (κ2) is 9.23. The molecule has 18 heavy (non-hydrogen) atoms. The predicted octanol–water partition coefficient (Wildman–Crippen LogP) is 1.92. The molecule has 0 aromatic rings. The number of amides is 1. The highest BCUT2D eigenvalue weighted by atomic mass is 32.2. The Labute approximate surface area is 115 Å². The van der Waals surface area contributed by atoms with Crippen molar-refractivity contribution in [3.8, 4) is 6.07 Å². The molecule has 0 spiro atoms. The first-order valence-corrected chi connectivity index (χ1v) is 7.56. The maximum atomic E-state index is 11.3. The van der Waals surface area contributed by atoms with Crippen LogP contribution in [0.15, 0.2) is 0 Å². The van der Waals surface area contributed by atoms with E-state index >= 15 is 0 Å². The highest BCUT2D eigenvalue weighted by molar-refractivity contribution is 8.00. The van der Waals surface area contributed by atoms with Crippen molar-refractivity contribution in [1.29, 1.82) is 5.26 Å². The Morgan fingerprint density at radius 3 is 2.67 bits per heavy atom. The molecule has 0 aliphatic carbocycles. The van der Waals surface area contributed by atoms with Gasteiger partial charge in [0.25, 0.3) is 0 Å². The molecule has 0 radical (unpaired) electrons. The number of nitriles is 1. The number of thioether (sulfide) groups is 1. The van der Waals surface area contributed by atoms with Crippen LogP contribution in [-0.2, 0) is 4.79 Å². The molecule has 2 N–H and O–H groups in total. The summed E-state index contributed by atoms with van der Waals surface area (Å²) in [7, 11) is 0. The summed E-state index contributed by atoms with van der Waals surface area (Å²) >= 11 is 1.60. The standard InChI is InChI=1S/C13H25N3OS/c1-5-7-16-13(4,10-14)8-11(3)18-9-12(17)15-6-2/h11,16H,5-9H2,1-4H3,(H,15,17). The van der Waals surface area contributed by atoms with Gasteiger partial charge in [-0.3, -0.25) is 10.1 Å². The first kappa shape index (κ1) is 17.3. The third-order valence-corrected chi connectivity index (χ3v) is 3.75. The van der Waals surface area contributed by atoms with Gasteiger partial charge in [0.1, 0.15) is 5.54 Å². The highest BCUT2D eigenvalue weighted by Gasteiger charge is 2.25.